The van der Waals surface area contributed by atoms with Crippen LogP contribution in [0, 0.1) is 0 Å². The fourth-order valence-electron chi connectivity index (χ4n) is 0.767. The normalized spacial score (nSPS) is 22.8. The molecule has 1 fully saturated rings. The molecule has 1 atom stereocenters. The molecule has 12 heavy (non-hydrogen) atoms. The van der Waals surface area contributed by atoms with Gasteiger partial charge >= 0.3 is 12.0 Å². The van der Waals surface area contributed by atoms with Gasteiger partial charge in [-0.1, -0.05) is 0 Å². The number of rotatable bonds is 2. The van der Waals surface area contributed by atoms with Crippen LogP contribution in [-0.4, -0.2) is 29.1 Å². The molecule has 0 aromatic carbocycles. The highest BCUT2D eigenvalue weighted by atomic mass is 16.4. The largest absolute Gasteiger partial charge is 0.481 e. The Morgan fingerprint density at radius 1 is 1.50 bits per heavy atom. The fourth-order valence-corrected chi connectivity index (χ4v) is 0.767. The number of nitrogens with one attached hydrogen (secondary N) is 3. The molecule has 1 aliphatic rings. The highest BCUT2D eigenvalue weighted by Gasteiger charge is 2.27. The van der Waals surface area contributed by atoms with Gasteiger partial charge in [0.2, 0.25) is 5.91 Å². The molecule has 3 amide bonds. The molecule has 0 saturated carbocycles. The second-order valence-corrected chi connectivity index (χ2v) is 2.24. The maximum atomic E-state index is 10.8. The molecule has 0 aliphatic carbocycles. The van der Waals surface area contributed by atoms with Gasteiger partial charge in [0.05, 0.1) is 6.42 Å². The summed E-state index contributed by atoms with van der Waals surface area (Å²) in [7, 11) is 0. The summed E-state index contributed by atoms with van der Waals surface area (Å²) in [6.07, 6.45) is -0.369. The van der Waals surface area contributed by atoms with Gasteiger partial charge in [0, 0.05) is 0 Å². The molecule has 1 unspecified atom stereocenters. The van der Waals surface area contributed by atoms with Crippen LogP contribution >= 0.6 is 0 Å². The van der Waals surface area contributed by atoms with E-state index in [4.69, 9.17) is 5.11 Å². The SMILES string of the molecule is O=C(O)CC1NNC(=O)NC1=O. The fraction of sp³-hybridized carbons (Fsp3) is 0.400. The van der Waals surface area contributed by atoms with E-state index in [0.29, 0.717) is 0 Å². The minimum Gasteiger partial charge on any atom is -0.481 e. The minimum atomic E-state index is -1.11. The highest BCUT2D eigenvalue weighted by Crippen LogP contribution is 1.94. The molecule has 0 aromatic rings. The second-order valence-electron chi connectivity index (χ2n) is 2.24. The summed E-state index contributed by atoms with van der Waals surface area (Å²) in [6, 6.07) is -1.58. The summed E-state index contributed by atoms with van der Waals surface area (Å²) in [6.45, 7) is 0. The Morgan fingerprint density at radius 3 is 2.67 bits per heavy atom. The lowest BCUT2D eigenvalue weighted by Gasteiger charge is -2.21. The first-order chi connectivity index (χ1) is 5.59. The molecular weight excluding hydrogens is 166 g/mol. The van der Waals surface area contributed by atoms with Gasteiger partial charge in [0.25, 0.3) is 0 Å². The van der Waals surface area contributed by atoms with E-state index in [1.54, 1.807) is 0 Å². The van der Waals surface area contributed by atoms with E-state index in [0.717, 1.165) is 0 Å². The number of hydrogen-bond acceptors (Lipinski definition) is 4. The van der Waals surface area contributed by atoms with E-state index in [-0.39, 0.29) is 6.42 Å². The maximum absolute atomic E-state index is 10.8. The number of hydrogen-bond donors (Lipinski definition) is 4. The van der Waals surface area contributed by atoms with E-state index < -0.39 is 23.9 Å². The summed E-state index contributed by atoms with van der Waals surface area (Å²) in [5.74, 6) is -1.75. The lowest BCUT2D eigenvalue weighted by atomic mass is 10.2. The predicted octanol–water partition coefficient (Wildman–Crippen LogP) is -1.83. The zero-order valence-electron chi connectivity index (χ0n) is 5.96. The van der Waals surface area contributed by atoms with Crippen molar-refractivity contribution >= 4 is 17.9 Å². The number of hydrazine groups is 1. The first-order valence-electron chi connectivity index (χ1n) is 3.18. The van der Waals surface area contributed by atoms with Gasteiger partial charge in [-0.3, -0.25) is 20.3 Å². The van der Waals surface area contributed by atoms with Crippen molar-refractivity contribution in [3.05, 3.63) is 0 Å². The smallest absolute Gasteiger partial charge is 0.335 e. The van der Waals surface area contributed by atoms with Crippen LogP contribution in [-0.2, 0) is 9.59 Å². The molecule has 1 rings (SSSR count). The lowest BCUT2D eigenvalue weighted by Crippen LogP contribution is -2.62. The quantitative estimate of drug-likeness (QED) is 0.393. The van der Waals surface area contributed by atoms with Crippen LogP contribution in [0.5, 0.6) is 0 Å². The zero-order chi connectivity index (χ0) is 9.14. The summed E-state index contributed by atoms with van der Waals surface area (Å²) in [4.78, 5) is 31.5. The summed E-state index contributed by atoms with van der Waals surface area (Å²) >= 11 is 0. The first-order valence-corrected chi connectivity index (χ1v) is 3.18. The van der Waals surface area contributed by atoms with Gasteiger partial charge in [0.1, 0.15) is 6.04 Å². The van der Waals surface area contributed by atoms with Crippen molar-refractivity contribution in [1.29, 1.82) is 0 Å². The van der Waals surface area contributed by atoms with E-state index in [1.807, 2.05) is 5.32 Å². The molecule has 1 aliphatic heterocycles. The van der Waals surface area contributed by atoms with Gasteiger partial charge in [-0.25, -0.2) is 10.2 Å². The molecule has 1 heterocycles. The summed E-state index contributed by atoms with van der Waals surface area (Å²) in [5.41, 5.74) is 4.34. The molecule has 0 aromatic heterocycles. The molecule has 7 heteroatoms. The van der Waals surface area contributed by atoms with E-state index in [9.17, 15) is 14.4 Å². The number of carbonyl (C=O) groups is 3. The Morgan fingerprint density at radius 2 is 2.17 bits per heavy atom. The molecular formula is C5H7N3O4. The number of carbonyl (C=O) groups excluding carboxylic acids is 2. The molecule has 0 bridgehead atoms. The number of carboxylic acid groups (broad SMARTS) is 1. The van der Waals surface area contributed by atoms with Gasteiger partial charge in [0.15, 0.2) is 0 Å². The van der Waals surface area contributed by atoms with Crippen molar-refractivity contribution in [2.24, 2.45) is 0 Å². The van der Waals surface area contributed by atoms with Crippen molar-refractivity contribution < 1.29 is 19.5 Å². The summed E-state index contributed by atoms with van der Waals surface area (Å²) < 4.78 is 0. The predicted molar refractivity (Wildman–Crippen MR) is 35.9 cm³/mol. The second kappa shape index (κ2) is 3.18. The number of carboxylic acids is 1. The molecule has 7 nitrogen and oxygen atoms in total. The average molecular weight is 173 g/mol. The third-order valence-electron chi connectivity index (χ3n) is 1.29. The molecule has 0 spiro atoms. The van der Waals surface area contributed by atoms with Crippen LogP contribution < -0.4 is 16.2 Å². The lowest BCUT2D eigenvalue weighted by molar-refractivity contribution is -0.140. The first kappa shape index (κ1) is 8.47. The van der Waals surface area contributed by atoms with Crippen molar-refractivity contribution in [2.75, 3.05) is 0 Å². The Hall–Kier alpha value is -1.63. The van der Waals surface area contributed by atoms with Crippen molar-refractivity contribution in [3.63, 3.8) is 0 Å². The third kappa shape index (κ3) is 1.92. The van der Waals surface area contributed by atoms with Crippen LogP contribution in [0.4, 0.5) is 4.79 Å². The van der Waals surface area contributed by atoms with Gasteiger partial charge in [-0.05, 0) is 0 Å². The van der Waals surface area contributed by atoms with Gasteiger partial charge in [-0.2, -0.15) is 0 Å². The van der Waals surface area contributed by atoms with Crippen LogP contribution in [0.2, 0.25) is 0 Å². The number of amides is 3. The molecule has 66 valence electrons. The number of aliphatic carboxylic acids is 1. The Balaban J connectivity index is 2.51. The zero-order valence-corrected chi connectivity index (χ0v) is 5.96. The minimum absolute atomic E-state index is 0.369. The van der Waals surface area contributed by atoms with Crippen LogP contribution in [0.1, 0.15) is 6.42 Å². The van der Waals surface area contributed by atoms with Crippen molar-refractivity contribution in [1.82, 2.24) is 16.2 Å². The van der Waals surface area contributed by atoms with Crippen LogP contribution in [0.3, 0.4) is 0 Å². The van der Waals surface area contributed by atoms with Gasteiger partial charge in [-0.15, -0.1) is 0 Å². The third-order valence-corrected chi connectivity index (χ3v) is 1.29. The Bertz CT molecular complexity index is 239. The van der Waals surface area contributed by atoms with Crippen molar-refractivity contribution in [2.45, 2.75) is 12.5 Å². The highest BCUT2D eigenvalue weighted by molar-refractivity contribution is 6.00. The van der Waals surface area contributed by atoms with E-state index in [1.165, 1.54) is 0 Å². The van der Waals surface area contributed by atoms with Gasteiger partial charge < -0.3 is 5.11 Å². The monoisotopic (exact) mass is 173 g/mol. The standard InChI is InChI=1S/C5H7N3O4/c9-3(10)1-2-4(11)6-5(12)8-7-2/h2,7H,1H2,(H,9,10)(H2,6,8,11,12). The molecule has 1 saturated heterocycles. The van der Waals surface area contributed by atoms with Crippen molar-refractivity contribution in [3.8, 4) is 0 Å². The Kier molecular flexibility index (Phi) is 2.24. The molecule has 0 radical (unpaired) electrons. The maximum Gasteiger partial charge on any atom is 0.335 e. The summed E-state index contributed by atoms with van der Waals surface area (Å²) in [5, 5.41) is 10.2. The molecule has 4 N–H and O–H groups in total. The topological polar surface area (TPSA) is 108 Å². The van der Waals surface area contributed by atoms with E-state index >= 15 is 0 Å². The van der Waals surface area contributed by atoms with Crippen LogP contribution in [0.15, 0.2) is 0 Å². The van der Waals surface area contributed by atoms with Crippen LogP contribution in [0.25, 0.3) is 0 Å². The number of urea groups is 1. The van der Waals surface area contributed by atoms with E-state index in [2.05, 4.69) is 10.9 Å². The average Bonchev–Trinajstić information content (AvgIpc) is 1.94. The Labute approximate surface area is 67.1 Å². The number of imide groups is 1.